The number of nitrogens with zero attached hydrogens (tertiary/aromatic N) is 1. The highest BCUT2D eigenvalue weighted by Gasteiger charge is 2.25. The first-order chi connectivity index (χ1) is 12.2. The van der Waals surface area contributed by atoms with Crippen LogP contribution < -0.4 is 0 Å². The van der Waals surface area contributed by atoms with Crippen LogP contribution in [0.25, 0.3) is 0 Å². The summed E-state index contributed by atoms with van der Waals surface area (Å²) in [6, 6.07) is 15.0. The van der Waals surface area contributed by atoms with E-state index < -0.39 is 0 Å². The summed E-state index contributed by atoms with van der Waals surface area (Å²) in [6.07, 6.45) is 6.77. The van der Waals surface area contributed by atoms with Gasteiger partial charge in [0.05, 0.1) is 13.2 Å². The Bertz CT molecular complexity index is 614. The van der Waals surface area contributed by atoms with Gasteiger partial charge in [-0.3, -0.25) is 0 Å². The Hall–Kier alpha value is -1.58. The van der Waals surface area contributed by atoms with Crippen LogP contribution in [0.2, 0.25) is 0 Å². The molecule has 1 saturated carbocycles. The molecule has 0 N–H and O–H groups in total. The van der Waals surface area contributed by atoms with Crippen LogP contribution >= 0.6 is 0 Å². The standard InChI is InChI=1S/C22H31NO2/c1-23(2)15-20-13-14-21(25-20)16-24-17-22(18-9-5-3-6-10-18)19-11-7-4-8-12-19/h3,5-6,9-10,13-14,19,22H,4,7-8,11-12,15-17H2,1-2H3/t22-/m0/s1. The molecule has 1 aromatic heterocycles. The van der Waals surface area contributed by atoms with Gasteiger partial charge in [0.1, 0.15) is 18.1 Å². The lowest BCUT2D eigenvalue weighted by atomic mass is 9.77. The van der Waals surface area contributed by atoms with E-state index in [2.05, 4.69) is 41.3 Å². The zero-order chi connectivity index (χ0) is 17.5. The zero-order valence-corrected chi connectivity index (χ0v) is 15.6. The lowest BCUT2D eigenvalue weighted by Gasteiger charge is -2.30. The van der Waals surface area contributed by atoms with Gasteiger partial charge in [-0.15, -0.1) is 0 Å². The van der Waals surface area contributed by atoms with Crippen molar-refractivity contribution in [2.75, 3.05) is 20.7 Å². The highest BCUT2D eigenvalue weighted by atomic mass is 16.5. The van der Waals surface area contributed by atoms with Gasteiger partial charge < -0.3 is 14.1 Å². The molecule has 3 rings (SSSR count). The smallest absolute Gasteiger partial charge is 0.129 e. The van der Waals surface area contributed by atoms with Gasteiger partial charge in [-0.1, -0.05) is 49.6 Å². The van der Waals surface area contributed by atoms with Crippen LogP contribution in [0.5, 0.6) is 0 Å². The molecule has 1 aromatic carbocycles. The third kappa shape index (κ3) is 5.45. The molecule has 0 radical (unpaired) electrons. The van der Waals surface area contributed by atoms with Crippen molar-refractivity contribution in [1.29, 1.82) is 0 Å². The van der Waals surface area contributed by atoms with E-state index in [1.54, 1.807) is 0 Å². The fourth-order valence-electron chi connectivity index (χ4n) is 3.92. The van der Waals surface area contributed by atoms with E-state index >= 15 is 0 Å². The van der Waals surface area contributed by atoms with Crippen LogP contribution in [0.4, 0.5) is 0 Å². The van der Waals surface area contributed by atoms with E-state index in [-0.39, 0.29) is 0 Å². The van der Waals surface area contributed by atoms with Crippen molar-refractivity contribution in [2.45, 2.75) is 51.2 Å². The molecule has 1 fully saturated rings. The molecule has 0 amide bonds. The maximum absolute atomic E-state index is 6.10. The van der Waals surface area contributed by atoms with E-state index in [0.29, 0.717) is 12.5 Å². The van der Waals surface area contributed by atoms with Crippen molar-refractivity contribution in [2.24, 2.45) is 5.92 Å². The Morgan fingerprint density at radius 2 is 1.72 bits per heavy atom. The third-order valence-corrected chi connectivity index (χ3v) is 5.18. The molecule has 1 aliphatic carbocycles. The molecule has 1 atom stereocenters. The number of hydrogen-bond acceptors (Lipinski definition) is 3. The second-order valence-corrected chi connectivity index (χ2v) is 7.54. The Kier molecular flexibility index (Phi) is 6.71. The van der Waals surface area contributed by atoms with Crippen molar-refractivity contribution in [3.8, 4) is 0 Å². The molecule has 3 heteroatoms. The Morgan fingerprint density at radius 3 is 2.44 bits per heavy atom. The van der Waals surface area contributed by atoms with Gasteiger partial charge in [0.2, 0.25) is 0 Å². The summed E-state index contributed by atoms with van der Waals surface area (Å²) in [5.41, 5.74) is 1.42. The molecule has 1 aliphatic rings. The summed E-state index contributed by atoms with van der Waals surface area (Å²) in [4.78, 5) is 2.11. The molecule has 0 bridgehead atoms. The highest BCUT2D eigenvalue weighted by molar-refractivity contribution is 5.20. The van der Waals surface area contributed by atoms with Crippen molar-refractivity contribution in [3.63, 3.8) is 0 Å². The minimum atomic E-state index is 0.498. The fraction of sp³-hybridized carbons (Fsp3) is 0.545. The molecular formula is C22H31NO2. The van der Waals surface area contributed by atoms with Gasteiger partial charge in [0, 0.05) is 5.92 Å². The molecule has 1 heterocycles. The SMILES string of the molecule is CN(C)Cc1ccc(COC[C@@H](c2ccccc2)C2CCCCC2)o1. The fourth-order valence-corrected chi connectivity index (χ4v) is 3.92. The Balaban J connectivity index is 1.58. The molecule has 0 unspecified atom stereocenters. The van der Waals surface area contributed by atoms with E-state index in [9.17, 15) is 0 Å². The van der Waals surface area contributed by atoms with E-state index in [0.717, 1.165) is 30.6 Å². The predicted molar refractivity (Wildman–Crippen MR) is 102 cm³/mol. The number of benzene rings is 1. The molecule has 136 valence electrons. The van der Waals surface area contributed by atoms with Crippen molar-refractivity contribution < 1.29 is 9.15 Å². The first-order valence-electron chi connectivity index (χ1n) is 9.57. The average molecular weight is 341 g/mol. The minimum absolute atomic E-state index is 0.498. The minimum Gasteiger partial charge on any atom is -0.462 e. The number of furan rings is 1. The van der Waals surface area contributed by atoms with Gasteiger partial charge >= 0.3 is 0 Å². The Labute approximate surface area is 152 Å². The summed E-state index contributed by atoms with van der Waals surface area (Å²) in [6.45, 7) is 2.16. The van der Waals surface area contributed by atoms with E-state index in [1.807, 2.05) is 20.2 Å². The topological polar surface area (TPSA) is 25.6 Å². The molecule has 0 saturated heterocycles. The molecule has 0 spiro atoms. The molecule has 3 nitrogen and oxygen atoms in total. The number of rotatable bonds is 8. The van der Waals surface area contributed by atoms with Crippen molar-refractivity contribution in [3.05, 3.63) is 59.5 Å². The average Bonchev–Trinajstić information content (AvgIpc) is 3.07. The molecule has 25 heavy (non-hydrogen) atoms. The maximum atomic E-state index is 6.10. The highest BCUT2D eigenvalue weighted by Crippen LogP contribution is 2.36. The monoisotopic (exact) mass is 341 g/mol. The van der Waals surface area contributed by atoms with E-state index in [1.165, 1.54) is 37.7 Å². The lowest BCUT2D eigenvalue weighted by Crippen LogP contribution is -2.21. The summed E-state index contributed by atoms with van der Waals surface area (Å²) >= 11 is 0. The van der Waals surface area contributed by atoms with Gasteiger partial charge in [0.15, 0.2) is 0 Å². The second-order valence-electron chi connectivity index (χ2n) is 7.54. The van der Waals surface area contributed by atoms with E-state index in [4.69, 9.17) is 9.15 Å². The van der Waals surface area contributed by atoms with Crippen LogP contribution in [-0.4, -0.2) is 25.6 Å². The maximum Gasteiger partial charge on any atom is 0.129 e. The quantitative estimate of drug-likeness (QED) is 0.658. The number of ether oxygens (including phenoxy) is 1. The second kappa shape index (κ2) is 9.21. The first kappa shape index (κ1) is 18.2. The zero-order valence-electron chi connectivity index (χ0n) is 15.6. The summed E-state index contributed by atoms with van der Waals surface area (Å²) in [5, 5.41) is 0. The summed E-state index contributed by atoms with van der Waals surface area (Å²) < 4.78 is 12.0. The van der Waals surface area contributed by atoms with Gasteiger partial charge in [-0.05, 0) is 50.6 Å². The summed E-state index contributed by atoms with van der Waals surface area (Å²) in [5.74, 6) is 3.16. The van der Waals surface area contributed by atoms with Crippen molar-refractivity contribution in [1.82, 2.24) is 4.90 Å². The van der Waals surface area contributed by atoms with Crippen LogP contribution in [0.1, 0.15) is 55.1 Å². The van der Waals surface area contributed by atoms with Gasteiger partial charge in [-0.2, -0.15) is 0 Å². The summed E-state index contributed by atoms with van der Waals surface area (Å²) in [7, 11) is 4.10. The van der Waals surface area contributed by atoms with Gasteiger partial charge in [-0.25, -0.2) is 0 Å². The normalized spacial score (nSPS) is 17.1. The van der Waals surface area contributed by atoms with Crippen LogP contribution in [0, 0.1) is 5.92 Å². The third-order valence-electron chi connectivity index (χ3n) is 5.18. The Morgan fingerprint density at radius 1 is 1.00 bits per heavy atom. The number of hydrogen-bond donors (Lipinski definition) is 0. The van der Waals surface area contributed by atoms with Crippen LogP contribution in [0.3, 0.4) is 0 Å². The molecule has 0 aliphatic heterocycles. The van der Waals surface area contributed by atoms with Crippen molar-refractivity contribution >= 4 is 0 Å². The molecule has 2 aromatic rings. The van der Waals surface area contributed by atoms with Gasteiger partial charge in [0.25, 0.3) is 0 Å². The van der Waals surface area contributed by atoms with Crippen LogP contribution in [-0.2, 0) is 17.9 Å². The lowest BCUT2D eigenvalue weighted by molar-refractivity contribution is 0.0727. The first-order valence-corrected chi connectivity index (χ1v) is 9.57. The molecular weight excluding hydrogens is 310 g/mol. The predicted octanol–water partition coefficient (Wildman–Crippen LogP) is 5.22. The van der Waals surface area contributed by atoms with Crippen LogP contribution in [0.15, 0.2) is 46.9 Å². The largest absolute Gasteiger partial charge is 0.462 e.